The van der Waals surface area contributed by atoms with Gasteiger partial charge in [0.05, 0.1) is 0 Å². The molecule has 0 aromatic heterocycles. The molecule has 1 fully saturated rings. The minimum Gasteiger partial charge on any atom is -0.320 e. The van der Waals surface area contributed by atoms with Gasteiger partial charge >= 0.3 is 0 Å². The smallest absolute Gasteiger partial charge is 0.0195 e. The van der Waals surface area contributed by atoms with E-state index in [0.29, 0.717) is 0 Å². The Kier molecular flexibility index (Phi) is 7.01. The molecule has 0 radical (unpaired) electrons. The van der Waals surface area contributed by atoms with Gasteiger partial charge in [-0.25, -0.2) is 0 Å². The number of rotatable bonds is 7. The molecule has 1 unspecified atom stereocenters. The van der Waals surface area contributed by atoms with Crippen molar-refractivity contribution in [3.63, 3.8) is 0 Å². The Hall–Kier alpha value is -0.120. The van der Waals surface area contributed by atoms with E-state index in [2.05, 4.69) is 29.1 Å². The van der Waals surface area contributed by atoms with Gasteiger partial charge in [-0.15, -0.1) is 0 Å². The molecule has 0 bridgehead atoms. The Labute approximate surface area is 101 Å². The molecule has 1 rings (SSSR count). The number of piperazine rings is 1. The molecule has 1 N–H and O–H groups in total. The molecular formula is C13H29N3. The molecule has 0 amide bonds. The molecule has 96 valence electrons. The molecule has 3 nitrogen and oxygen atoms in total. The molecule has 0 saturated carbocycles. The summed E-state index contributed by atoms with van der Waals surface area (Å²) in [5.41, 5.74) is 0. The van der Waals surface area contributed by atoms with Gasteiger partial charge in [0.25, 0.3) is 0 Å². The highest BCUT2D eigenvalue weighted by Gasteiger charge is 2.20. The average molecular weight is 227 g/mol. The Morgan fingerprint density at radius 3 is 2.56 bits per heavy atom. The van der Waals surface area contributed by atoms with E-state index < -0.39 is 0 Å². The minimum atomic E-state index is 0.746. The van der Waals surface area contributed by atoms with Gasteiger partial charge in [-0.05, 0) is 47.0 Å². The summed E-state index contributed by atoms with van der Waals surface area (Å²) in [5, 5.41) is 3.20. The third kappa shape index (κ3) is 5.28. The lowest BCUT2D eigenvalue weighted by atomic mass is 10.1. The summed E-state index contributed by atoms with van der Waals surface area (Å²) in [5.74, 6) is 0. The maximum atomic E-state index is 3.20. The first-order valence-electron chi connectivity index (χ1n) is 6.81. The van der Waals surface area contributed by atoms with Crippen molar-refractivity contribution in [1.82, 2.24) is 15.1 Å². The van der Waals surface area contributed by atoms with E-state index in [4.69, 9.17) is 0 Å². The van der Waals surface area contributed by atoms with Crippen LogP contribution in [0.1, 0.15) is 32.6 Å². The van der Waals surface area contributed by atoms with Crippen molar-refractivity contribution < 1.29 is 0 Å². The van der Waals surface area contributed by atoms with Gasteiger partial charge in [-0.3, -0.25) is 4.90 Å². The summed E-state index contributed by atoms with van der Waals surface area (Å²) >= 11 is 0. The summed E-state index contributed by atoms with van der Waals surface area (Å²) in [6.45, 7) is 8.56. The average Bonchev–Trinajstić information content (AvgIpc) is 2.26. The van der Waals surface area contributed by atoms with Gasteiger partial charge in [0.1, 0.15) is 0 Å². The van der Waals surface area contributed by atoms with Crippen LogP contribution in [0.15, 0.2) is 0 Å². The van der Waals surface area contributed by atoms with Gasteiger partial charge in [0, 0.05) is 25.7 Å². The number of unbranched alkanes of at least 4 members (excludes halogenated alkanes) is 3. The zero-order valence-corrected chi connectivity index (χ0v) is 11.3. The van der Waals surface area contributed by atoms with E-state index >= 15 is 0 Å². The van der Waals surface area contributed by atoms with E-state index in [0.717, 1.165) is 6.04 Å². The van der Waals surface area contributed by atoms with Gasteiger partial charge in [-0.2, -0.15) is 0 Å². The number of likely N-dealkylation sites (N-methyl/N-ethyl adjacent to an activating group) is 1. The van der Waals surface area contributed by atoms with Crippen LogP contribution in [0.2, 0.25) is 0 Å². The molecule has 0 spiro atoms. The van der Waals surface area contributed by atoms with E-state index in [9.17, 15) is 0 Å². The molecule has 0 aliphatic carbocycles. The van der Waals surface area contributed by atoms with Gasteiger partial charge in [-0.1, -0.05) is 12.8 Å². The van der Waals surface area contributed by atoms with Crippen molar-refractivity contribution in [3.8, 4) is 0 Å². The Bertz CT molecular complexity index is 173. The largest absolute Gasteiger partial charge is 0.320 e. The predicted octanol–water partition coefficient (Wildman–Crippen LogP) is 1.40. The summed E-state index contributed by atoms with van der Waals surface area (Å²) in [7, 11) is 4.26. The number of nitrogens with one attached hydrogen (secondary N) is 1. The summed E-state index contributed by atoms with van der Waals surface area (Å²) in [4.78, 5) is 5.09. The molecule has 3 heteroatoms. The van der Waals surface area contributed by atoms with Crippen molar-refractivity contribution in [1.29, 1.82) is 0 Å². The quantitative estimate of drug-likeness (QED) is 0.663. The fraction of sp³-hybridized carbons (Fsp3) is 1.00. The lowest BCUT2D eigenvalue weighted by Crippen LogP contribution is -2.50. The summed E-state index contributed by atoms with van der Waals surface area (Å²) in [6, 6.07) is 0.746. The minimum absolute atomic E-state index is 0.746. The van der Waals surface area contributed by atoms with Gasteiger partial charge in [0.2, 0.25) is 0 Å². The van der Waals surface area contributed by atoms with Crippen LogP contribution in [0.5, 0.6) is 0 Å². The number of hydrogen-bond acceptors (Lipinski definition) is 3. The van der Waals surface area contributed by atoms with Crippen molar-refractivity contribution in [2.75, 3.05) is 46.8 Å². The molecule has 1 heterocycles. The SMILES string of the molecule is CNCCCCCCN1CCN(C)CC1C. The second-order valence-corrected chi connectivity index (χ2v) is 5.17. The van der Waals surface area contributed by atoms with Crippen LogP contribution in [0.25, 0.3) is 0 Å². The molecule has 1 atom stereocenters. The second kappa shape index (κ2) is 8.04. The first-order valence-corrected chi connectivity index (χ1v) is 6.81. The van der Waals surface area contributed by atoms with E-state index in [1.54, 1.807) is 0 Å². The van der Waals surface area contributed by atoms with Crippen LogP contribution in [0.3, 0.4) is 0 Å². The summed E-state index contributed by atoms with van der Waals surface area (Å²) < 4.78 is 0. The highest BCUT2D eigenvalue weighted by atomic mass is 15.3. The highest BCUT2D eigenvalue weighted by molar-refractivity contribution is 4.76. The second-order valence-electron chi connectivity index (χ2n) is 5.17. The predicted molar refractivity (Wildman–Crippen MR) is 70.9 cm³/mol. The van der Waals surface area contributed by atoms with E-state index in [-0.39, 0.29) is 0 Å². The first-order chi connectivity index (χ1) is 7.74. The Morgan fingerprint density at radius 1 is 1.12 bits per heavy atom. The number of nitrogens with zero attached hydrogens (tertiary/aromatic N) is 2. The molecule has 0 aromatic carbocycles. The standard InChI is InChI=1S/C13H29N3/c1-13-12-15(3)10-11-16(13)9-7-5-4-6-8-14-2/h13-14H,4-12H2,1-3H3. The van der Waals surface area contributed by atoms with Crippen molar-refractivity contribution in [3.05, 3.63) is 0 Å². The van der Waals surface area contributed by atoms with E-state index in [1.165, 1.54) is 58.4 Å². The molecule has 0 aromatic rings. The fourth-order valence-electron chi connectivity index (χ4n) is 2.48. The molecule has 1 aliphatic rings. The normalized spacial score (nSPS) is 23.8. The van der Waals surface area contributed by atoms with Crippen LogP contribution in [-0.4, -0.2) is 62.7 Å². The lowest BCUT2D eigenvalue weighted by Gasteiger charge is -2.38. The Morgan fingerprint density at radius 2 is 1.88 bits per heavy atom. The maximum Gasteiger partial charge on any atom is 0.0195 e. The van der Waals surface area contributed by atoms with Crippen molar-refractivity contribution in [2.24, 2.45) is 0 Å². The van der Waals surface area contributed by atoms with E-state index in [1.807, 2.05) is 7.05 Å². The first kappa shape index (κ1) is 13.9. The maximum absolute atomic E-state index is 3.20. The molecule has 16 heavy (non-hydrogen) atoms. The monoisotopic (exact) mass is 227 g/mol. The third-order valence-corrected chi connectivity index (χ3v) is 3.59. The van der Waals surface area contributed by atoms with Crippen molar-refractivity contribution in [2.45, 2.75) is 38.6 Å². The van der Waals surface area contributed by atoms with Crippen LogP contribution in [0.4, 0.5) is 0 Å². The summed E-state index contributed by atoms with van der Waals surface area (Å²) in [6.07, 6.45) is 5.47. The topological polar surface area (TPSA) is 18.5 Å². The number of hydrogen-bond donors (Lipinski definition) is 1. The fourth-order valence-corrected chi connectivity index (χ4v) is 2.48. The molecule has 1 saturated heterocycles. The zero-order chi connectivity index (χ0) is 11.8. The van der Waals surface area contributed by atoms with Crippen LogP contribution in [-0.2, 0) is 0 Å². The van der Waals surface area contributed by atoms with Gasteiger partial charge < -0.3 is 10.2 Å². The van der Waals surface area contributed by atoms with Crippen molar-refractivity contribution >= 4 is 0 Å². The van der Waals surface area contributed by atoms with Gasteiger partial charge in [0.15, 0.2) is 0 Å². The zero-order valence-electron chi connectivity index (χ0n) is 11.3. The van der Waals surface area contributed by atoms with Crippen LogP contribution in [0, 0.1) is 0 Å². The Balaban J connectivity index is 2.00. The molecule has 1 aliphatic heterocycles. The lowest BCUT2D eigenvalue weighted by molar-refractivity contribution is 0.0984. The van der Waals surface area contributed by atoms with Crippen LogP contribution < -0.4 is 5.32 Å². The van der Waals surface area contributed by atoms with Crippen LogP contribution >= 0.6 is 0 Å². The molecular weight excluding hydrogens is 198 g/mol. The third-order valence-electron chi connectivity index (χ3n) is 3.59. The highest BCUT2D eigenvalue weighted by Crippen LogP contribution is 2.10.